The van der Waals surface area contributed by atoms with Gasteiger partial charge in [-0.1, -0.05) is 11.6 Å². The number of sulfonamides is 1. The van der Waals surface area contributed by atoms with Gasteiger partial charge in [-0.2, -0.15) is 0 Å². The van der Waals surface area contributed by atoms with Gasteiger partial charge in [0.15, 0.2) is 6.10 Å². The first kappa shape index (κ1) is 23.4. The molecule has 7 nitrogen and oxygen atoms in total. The molecule has 2 N–H and O–H groups in total. The van der Waals surface area contributed by atoms with Gasteiger partial charge in [0.25, 0.3) is 5.91 Å². The van der Waals surface area contributed by atoms with Crippen LogP contribution in [0.4, 0.5) is 4.39 Å². The van der Waals surface area contributed by atoms with Crippen LogP contribution in [-0.2, 0) is 14.8 Å². The van der Waals surface area contributed by atoms with Crippen molar-refractivity contribution >= 4 is 38.4 Å². The number of halogens is 2. The Morgan fingerprint density at radius 1 is 1.24 bits per heavy atom. The highest BCUT2D eigenvalue weighted by atomic mass is 35.5. The number of ether oxygens (including phenoxy) is 1. The van der Waals surface area contributed by atoms with Gasteiger partial charge in [0.1, 0.15) is 11.6 Å². The number of aromatic nitrogens is 1. The fraction of sp³-hybridized carbons (Fsp3) is 0.304. The van der Waals surface area contributed by atoms with Crippen LogP contribution in [-0.4, -0.2) is 48.7 Å². The lowest BCUT2D eigenvalue weighted by Gasteiger charge is -2.33. The number of carbonyl (C=O) groups excluding carboxylic acids is 1. The number of piperidine rings is 1. The third-order valence-corrected chi connectivity index (χ3v) is 7.38. The number of likely N-dealkylation sites (tertiary alicyclic amines) is 1. The van der Waals surface area contributed by atoms with E-state index in [9.17, 15) is 17.6 Å². The average Bonchev–Trinajstić information content (AvgIpc) is 2.77. The molecule has 2 atom stereocenters. The molecule has 1 aliphatic heterocycles. The molecule has 1 amide bonds. The van der Waals surface area contributed by atoms with Crippen molar-refractivity contribution in [2.75, 3.05) is 13.1 Å². The SMILES string of the molecule is CC(Oc1ccc2c(-c3ccc(F)cc3Cl)ccnc2c1)C(=O)N1CCCC(S(N)(=O)=O)C1. The number of primary sulfonamides is 1. The van der Waals surface area contributed by atoms with E-state index < -0.39 is 27.2 Å². The fourth-order valence-corrected chi connectivity index (χ4v) is 5.21. The monoisotopic (exact) mass is 491 g/mol. The second-order valence-corrected chi connectivity index (χ2v) is 10.3. The number of hydrogen-bond acceptors (Lipinski definition) is 5. The highest BCUT2D eigenvalue weighted by molar-refractivity contribution is 7.89. The summed E-state index contributed by atoms with van der Waals surface area (Å²) in [6, 6.07) is 11.3. The second kappa shape index (κ2) is 9.24. The van der Waals surface area contributed by atoms with E-state index in [1.807, 2.05) is 6.07 Å². The summed E-state index contributed by atoms with van der Waals surface area (Å²) in [5.41, 5.74) is 2.09. The van der Waals surface area contributed by atoms with Gasteiger partial charge in [0, 0.05) is 36.3 Å². The van der Waals surface area contributed by atoms with Crippen LogP contribution in [0.15, 0.2) is 48.7 Å². The van der Waals surface area contributed by atoms with Crippen molar-refractivity contribution in [3.63, 3.8) is 0 Å². The molecule has 1 aliphatic rings. The van der Waals surface area contributed by atoms with E-state index >= 15 is 0 Å². The minimum Gasteiger partial charge on any atom is -0.481 e. The van der Waals surface area contributed by atoms with E-state index in [0.717, 1.165) is 10.9 Å². The summed E-state index contributed by atoms with van der Waals surface area (Å²) >= 11 is 6.24. The van der Waals surface area contributed by atoms with Crippen molar-refractivity contribution in [3.8, 4) is 16.9 Å². The molecule has 4 rings (SSSR count). The number of nitrogens with two attached hydrogens (primary N) is 1. The van der Waals surface area contributed by atoms with E-state index in [1.54, 1.807) is 37.4 Å². The lowest BCUT2D eigenvalue weighted by atomic mass is 10.0. The second-order valence-electron chi connectivity index (χ2n) is 8.06. The van der Waals surface area contributed by atoms with Crippen LogP contribution in [0.5, 0.6) is 5.75 Å². The zero-order valence-electron chi connectivity index (χ0n) is 17.9. The van der Waals surface area contributed by atoms with Crippen molar-refractivity contribution in [2.45, 2.75) is 31.1 Å². The molecule has 1 aromatic heterocycles. The van der Waals surface area contributed by atoms with Crippen LogP contribution in [0.2, 0.25) is 5.02 Å². The third kappa shape index (κ3) is 5.10. The number of hydrogen-bond donors (Lipinski definition) is 1. The van der Waals surface area contributed by atoms with E-state index in [0.29, 0.717) is 41.2 Å². The molecule has 2 heterocycles. The lowest BCUT2D eigenvalue weighted by Crippen LogP contribution is -2.50. The molecule has 33 heavy (non-hydrogen) atoms. The predicted octanol–water partition coefficient (Wildman–Crippen LogP) is 3.74. The Bertz CT molecular complexity index is 1320. The molecule has 0 spiro atoms. The van der Waals surface area contributed by atoms with Crippen LogP contribution in [0.1, 0.15) is 19.8 Å². The largest absolute Gasteiger partial charge is 0.481 e. The fourth-order valence-electron chi connectivity index (χ4n) is 4.06. The Balaban J connectivity index is 1.54. The van der Waals surface area contributed by atoms with Crippen LogP contribution in [0.3, 0.4) is 0 Å². The van der Waals surface area contributed by atoms with Crippen LogP contribution < -0.4 is 9.88 Å². The molecule has 10 heteroatoms. The Kier molecular flexibility index (Phi) is 6.56. The number of amides is 1. The van der Waals surface area contributed by atoms with Gasteiger partial charge in [-0.05, 0) is 61.7 Å². The van der Waals surface area contributed by atoms with Gasteiger partial charge in [-0.3, -0.25) is 9.78 Å². The summed E-state index contributed by atoms with van der Waals surface area (Å²) in [6.07, 6.45) is 1.80. The minimum atomic E-state index is -3.71. The number of benzene rings is 2. The third-order valence-electron chi connectivity index (χ3n) is 5.75. The standard InChI is InChI=1S/C23H23ClFN3O4S/c1-14(23(29)28-10-2-3-17(13-28)33(26,30)31)32-16-5-7-20-18(8-9-27-22(20)12-16)19-6-4-15(25)11-21(19)24/h4-9,11-12,14,17H,2-3,10,13H2,1H3,(H2,26,30,31). The van der Waals surface area contributed by atoms with Crippen molar-refractivity contribution in [1.29, 1.82) is 0 Å². The smallest absolute Gasteiger partial charge is 0.263 e. The number of nitrogens with zero attached hydrogens (tertiary/aromatic N) is 2. The van der Waals surface area contributed by atoms with Crippen LogP contribution in [0, 0.1) is 5.82 Å². The molecule has 0 saturated carbocycles. The van der Waals surface area contributed by atoms with Gasteiger partial charge in [0.2, 0.25) is 10.0 Å². The van der Waals surface area contributed by atoms with Crippen molar-refractivity contribution in [2.24, 2.45) is 5.14 Å². The average molecular weight is 492 g/mol. The number of carbonyl (C=O) groups is 1. The summed E-state index contributed by atoms with van der Waals surface area (Å²) in [4.78, 5) is 18.7. The maximum atomic E-state index is 13.5. The van der Waals surface area contributed by atoms with Gasteiger partial charge in [-0.25, -0.2) is 17.9 Å². The summed E-state index contributed by atoms with van der Waals surface area (Å²) in [6.45, 7) is 2.14. The Hall–Kier alpha value is -2.75. The normalized spacial score (nSPS) is 17.7. The first-order valence-corrected chi connectivity index (χ1v) is 12.4. The first-order chi connectivity index (χ1) is 15.6. The van der Waals surface area contributed by atoms with E-state index in [1.165, 1.54) is 17.0 Å². The van der Waals surface area contributed by atoms with Gasteiger partial charge in [0.05, 0.1) is 15.8 Å². The van der Waals surface area contributed by atoms with Gasteiger partial charge < -0.3 is 9.64 Å². The van der Waals surface area contributed by atoms with E-state index in [4.69, 9.17) is 21.5 Å². The van der Waals surface area contributed by atoms with Crippen molar-refractivity contribution < 1.29 is 22.3 Å². The molecule has 0 bridgehead atoms. The number of pyridine rings is 1. The molecule has 1 saturated heterocycles. The van der Waals surface area contributed by atoms with E-state index in [-0.39, 0.29) is 12.5 Å². The molecule has 3 aromatic rings. The zero-order chi connectivity index (χ0) is 23.8. The quantitative estimate of drug-likeness (QED) is 0.585. The van der Waals surface area contributed by atoms with Crippen molar-refractivity contribution in [3.05, 3.63) is 59.5 Å². The van der Waals surface area contributed by atoms with Crippen LogP contribution in [0.25, 0.3) is 22.0 Å². The topological polar surface area (TPSA) is 103 Å². The summed E-state index contributed by atoms with van der Waals surface area (Å²) in [5, 5.41) is 5.59. The van der Waals surface area contributed by atoms with Crippen LogP contribution >= 0.6 is 11.6 Å². The van der Waals surface area contributed by atoms with Crippen molar-refractivity contribution in [1.82, 2.24) is 9.88 Å². The zero-order valence-corrected chi connectivity index (χ0v) is 19.4. The highest BCUT2D eigenvalue weighted by Gasteiger charge is 2.32. The molecule has 0 aliphatic carbocycles. The molecule has 1 fully saturated rings. The minimum absolute atomic E-state index is 0.0619. The predicted molar refractivity (Wildman–Crippen MR) is 125 cm³/mol. The van der Waals surface area contributed by atoms with Gasteiger partial charge >= 0.3 is 0 Å². The molecule has 2 unspecified atom stereocenters. The molecule has 0 radical (unpaired) electrons. The first-order valence-electron chi connectivity index (χ1n) is 10.4. The van der Waals surface area contributed by atoms with Gasteiger partial charge in [-0.15, -0.1) is 0 Å². The Morgan fingerprint density at radius 3 is 2.76 bits per heavy atom. The summed E-state index contributed by atoms with van der Waals surface area (Å²) in [5.74, 6) is -0.276. The Labute approximate surface area is 196 Å². The molecular formula is C23H23ClFN3O4S. The Morgan fingerprint density at radius 2 is 2.03 bits per heavy atom. The lowest BCUT2D eigenvalue weighted by molar-refractivity contribution is -0.138. The molecule has 2 aromatic carbocycles. The number of fused-ring (bicyclic) bond motifs is 1. The highest BCUT2D eigenvalue weighted by Crippen LogP contribution is 2.34. The maximum Gasteiger partial charge on any atom is 0.263 e. The summed E-state index contributed by atoms with van der Waals surface area (Å²) in [7, 11) is -3.71. The molecule has 174 valence electrons. The van der Waals surface area contributed by atoms with E-state index in [2.05, 4.69) is 4.98 Å². The molecular weight excluding hydrogens is 469 g/mol. The maximum absolute atomic E-state index is 13.5. The summed E-state index contributed by atoms with van der Waals surface area (Å²) < 4.78 is 42.7. The number of rotatable bonds is 5.